The van der Waals surface area contributed by atoms with E-state index in [0.29, 0.717) is 58.2 Å². The SMILES string of the molecule is C#CC1CC(C(=O)NC(CC2CCC(O)CC2)C(O)CN(CCCC)NS(=O)(=O)CC2CCCCC2)CC(C(=O)N(CCC)CCC)C1. The van der Waals surface area contributed by atoms with Crippen LogP contribution in [0.25, 0.3) is 0 Å². The van der Waals surface area contributed by atoms with Crippen LogP contribution in [0.5, 0.6) is 0 Å². The summed E-state index contributed by atoms with van der Waals surface area (Å²) in [5.74, 6) is 2.19. The van der Waals surface area contributed by atoms with Gasteiger partial charge in [-0.15, -0.1) is 17.2 Å². The van der Waals surface area contributed by atoms with Crippen LogP contribution >= 0.6 is 0 Å². The second kappa shape index (κ2) is 20.8. The molecule has 5 atom stereocenters. The van der Waals surface area contributed by atoms with Gasteiger partial charge in [-0.2, -0.15) is 0 Å². The lowest BCUT2D eigenvalue weighted by molar-refractivity contribution is -0.139. The average Bonchev–Trinajstić information content (AvgIpc) is 3.07. The Hall–Kier alpha value is -1.71. The minimum atomic E-state index is -3.60. The maximum absolute atomic E-state index is 14.0. The number of sulfonamides is 1. The third-order valence-corrected chi connectivity index (χ3v) is 12.2. The van der Waals surface area contributed by atoms with Gasteiger partial charge in [-0.1, -0.05) is 46.5 Å². The predicted molar refractivity (Wildman–Crippen MR) is 191 cm³/mol. The minimum absolute atomic E-state index is 0.0476. The van der Waals surface area contributed by atoms with Crippen molar-refractivity contribution in [2.45, 2.75) is 148 Å². The van der Waals surface area contributed by atoms with Gasteiger partial charge in [0.1, 0.15) is 0 Å². The van der Waals surface area contributed by atoms with Crippen LogP contribution in [0, 0.1) is 41.9 Å². The second-order valence-corrected chi connectivity index (χ2v) is 16.8. The van der Waals surface area contributed by atoms with Crippen LogP contribution < -0.4 is 10.1 Å². The Morgan fingerprint density at radius 1 is 0.875 bits per heavy atom. The molecule has 11 heteroatoms. The van der Waals surface area contributed by atoms with Crippen LogP contribution in [0.4, 0.5) is 0 Å². The summed E-state index contributed by atoms with van der Waals surface area (Å²) < 4.78 is 26.5. The third-order valence-electron chi connectivity index (χ3n) is 10.8. The van der Waals surface area contributed by atoms with Gasteiger partial charge in [-0.25, -0.2) is 13.4 Å². The van der Waals surface area contributed by atoms with E-state index in [0.717, 1.165) is 70.6 Å². The Morgan fingerprint density at radius 3 is 2.12 bits per heavy atom. The fraction of sp³-hybridized carbons (Fsp3) is 0.892. The van der Waals surface area contributed by atoms with E-state index in [1.54, 1.807) is 5.01 Å². The van der Waals surface area contributed by atoms with Crippen molar-refractivity contribution in [3.63, 3.8) is 0 Å². The first-order valence-corrected chi connectivity index (χ1v) is 20.8. The molecule has 0 radical (unpaired) electrons. The number of carbonyl (C=O) groups is 2. The lowest BCUT2D eigenvalue weighted by Gasteiger charge is -2.37. The van der Waals surface area contributed by atoms with Gasteiger partial charge >= 0.3 is 0 Å². The number of carbonyl (C=O) groups excluding carboxylic acids is 2. The molecule has 3 aliphatic carbocycles. The molecule has 0 aromatic carbocycles. The van der Waals surface area contributed by atoms with Crippen LogP contribution in [0.3, 0.4) is 0 Å². The lowest BCUT2D eigenvalue weighted by Crippen LogP contribution is -2.55. The van der Waals surface area contributed by atoms with Crippen molar-refractivity contribution in [3.05, 3.63) is 0 Å². The number of unbranched alkanes of at least 4 members (excludes halogenated alkanes) is 1. The maximum atomic E-state index is 14.0. The zero-order valence-corrected chi connectivity index (χ0v) is 30.9. The number of amides is 2. The number of hydrogen-bond donors (Lipinski definition) is 4. The van der Waals surface area contributed by atoms with E-state index < -0.39 is 28.1 Å². The standard InChI is InChI=1S/C37H66N4O6S/c1-5-9-21-41(39-48(46,47)27-30-13-11-10-12-14-30)26-35(43)34(24-29-15-17-33(42)18-16-29)38-36(44)31-22-28(8-4)23-32(25-31)37(45)40(19-6-2)20-7-3/h4,28-35,39,42-43H,5-7,9-27H2,1-3H3,(H,38,44). The van der Waals surface area contributed by atoms with Crippen LogP contribution in [-0.2, 0) is 19.6 Å². The van der Waals surface area contributed by atoms with Crippen molar-refractivity contribution in [2.24, 2.45) is 29.6 Å². The quantitative estimate of drug-likeness (QED) is 0.115. The molecule has 276 valence electrons. The molecule has 2 amide bonds. The van der Waals surface area contributed by atoms with Gasteiger partial charge in [0.25, 0.3) is 0 Å². The van der Waals surface area contributed by atoms with Gasteiger partial charge in [0.05, 0.1) is 24.0 Å². The molecule has 0 heterocycles. The van der Waals surface area contributed by atoms with Crippen LogP contribution in [0.15, 0.2) is 0 Å². The van der Waals surface area contributed by atoms with Crippen molar-refractivity contribution in [1.29, 1.82) is 0 Å². The molecule has 0 bridgehead atoms. The number of aliphatic hydroxyl groups excluding tert-OH is 2. The molecule has 0 saturated heterocycles. The largest absolute Gasteiger partial charge is 0.393 e. The average molecular weight is 695 g/mol. The molecular weight excluding hydrogens is 628 g/mol. The summed E-state index contributed by atoms with van der Waals surface area (Å²) in [7, 11) is -3.60. The number of aliphatic hydroxyl groups is 2. The first kappa shape index (κ1) is 40.7. The molecule has 0 aromatic rings. The van der Waals surface area contributed by atoms with E-state index in [4.69, 9.17) is 6.42 Å². The molecule has 0 spiro atoms. The highest BCUT2D eigenvalue weighted by Gasteiger charge is 2.39. The van der Waals surface area contributed by atoms with E-state index >= 15 is 0 Å². The molecular formula is C37H66N4O6S. The topological polar surface area (TPSA) is 139 Å². The molecule has 5 unspecified atom stereocenters. The summed E-state index contributed by atoms with van der Waals surface area (Å²) in [4.78, 5) is 32.3. The van der Waals surface area contributed by atoms with E-state index in [-0.39, 0.29) is 53.9 Å². The predicted octanol–water partition coefficient (Wildman–Crippen LogP) is 4.60. The number of nitrogens with zero attached hydrogens (tertiary/aromatic N) is 2. The Labute approximate surface area is 291 Å². The van der Waals surface area contributed by atoms with E-state index in [9.17, 15) is 28.2 Å². The van der Waals surface area contributed by atoms with Crippen molar-refractivity contribution in [2.75, 3.05) is 31.9 Å². The first-order valence-electron chi connectivity index (χ1n) is 19.1. The number of hydrazine groups is 1. The smallest absolute Gasteiger partial charge is 0.225 e. The highest BCUT2D eigenvalue weighted by Crippen LogP contribution is 2.35. The Balaban J connectivity index is 1.75. The van der Waals surface area contributed by atoms with Crippen LogP contribution in [0.1, 0.15) is 130 Å². The Bertz CT molecular complexity index is 1110. The maximum Gasteiger partial charge on any atom is 0.225 e. The number of hydrogen-bond acceptors (Lipinski definition) is 7. The zero-order valence-electron chi connectivity index (χ0n) is 30.1. The highest BCUT2D eigenvalue weighted by atomic mass is 32.2. The summed E-state index contributed by atoms with van der Waals surface area (Å²) in [5.41, 5.74) is 0. The molecule has 0 aliphatic heterocycles. The van der Waals surface area contributed by atoms with Crippen LogP contribution in [0.2, 0.25) is 0 Å². The number of rotatable bonds is 19. The number of terminal acetylenes is 1. The van der Waals surface area contributed by atoms with Crippen molar-refractivity contribution in [1.82, 2.24) is 20.1 Å². The van der Waals surface area contributed by atoms with E-state index in [2.05, 4.69) is 29.9 Å². The van der Waals surface area contributed by atoms with Crippen molar-refractivity contribution < 1.29 is 28.2 Å². The fourth-order valence-electron chi connectivity index (χ4n) is 8.13. The zero-order chi connectivity index (χ0) is 35.1. The summed E-state index contributed by atoms with van der Waals surface area (Å²) in [6.07, 6.45) is 18.0. The van der Waals surface area contributed by atoms with Gasteiger partial charge < -0.3 is 20.4 Å². The Kier molecular flexibility index (Phi) is 17.7. The summed E-state index contributed by atoms with van der Waals surface area (Å²) in [6.45, 7) is 8.03. The van der Waals surface area contributed by atoms with Crippen molar-refractivity contribution in [3.8, 4) is 12.3 Å². The first-order chi connectivity index (χ1) is 23.0. The molecule has 0 aromatic heterocycles. The Morgan fingerprint density at radius 2 is 1.52 bits per heavy atom. The summed E-state index contributed by atoms with van der Waals surface area (Å²) in [5, 5.41) is 26.6. The number of nitrogens with one attached hydrogen (secondary N) is 2. The van der Waals surface area contributed by atoms with E-state index in [1.165, 1.54) is 0 Å². The monoisotopic (exact) mass is 694 g/mol. The molecule has 3 rings (SSSR count). The fourth-order valence-corrected chi connectivity index (χ4v) is 9.72. The molecule has 10 nitrogen and oxygen atoms in total. The van der Waals surface area contributed by atoms with Gasteiger partial charge in [-0.05, 0) is 95.3 Å². The van der Waals surface area contributed by atoms with Gasteiger partial charge in [-0.3, -0.25) is 9.59 Å². The third kappa shape index (κ3) is 13.5. The molecule has 4 N–H and O–H groups in total. The summed E-state index contributed by atoms with van der Waals surface area (Å²) >= 11 is 0. The molecule has 3 aliphatic rings. The minimum Gasteiger partial charge on any atom is -0.393 e. The van der Waals surface area contributed by atoms with Gasteiger partial charge in [0.15, 0.2) is 0 Å². The van der Waals surface area contributed by atoms with Gasteiger partial charge in [0, 0.05) is 43.9 Å². The van der Waals surface area contributed by atoms with E-state index in [1.807, 2.05) is 11.8 Å². The lowest BCUT2D eigenvalue weighted by atomic mass is 9.74. The summed E-state index contributed by atoms with van der Waals surface area (Å²) in [6, 6.07) is -0.609. The van der Waals surface area contributed by atoms with Gasteiger partial charge in [0.2, 0.25) is 21.8 Å². The van der Waals surface area contributed by atoms with Crippen molar-refractivity contribution >= 4 is 21.8 Å². The van der Waals surface area contributed by atoms with Crippen LogP contribution in [-0.4, -0.2) is 90.5 Å². The molecule has 48 heavy (non-hydrogen) atoms. The highest BCUT2D eigenvalue weighted by molar-refractivity contribution is 7.89. The second-order valence-electron chi connectivity index (χ2n) is 15.1. The molecule has 3 saturated carbocycles. The normalized spacial score (nSPS) is 26.8. The molecule has 3 fully saturated rings.